The molecule has 178 valence electrons. The van der Waals surface area contributed by atoms with Gasteiger partial charge < -0.3 is 9.47 Å². The average Bonchev–Trinajstić information content (AvgIpc) is 2.75. The summed E-state index contributed by atoms with van der Waals surface area (Å²) in [7, 11) is 0. The van der Waals surface area contributed by atoms with Gasteiger partial charge in [0.15, 0.2) is 17.5 Å². The maximum absolute atomic E-state index is 13.8. The molecule has 0 saturated heterocycles. The first-order valence-corrected chi connectivity index (χ1v) is 10.0. The van der Waals surface area contributed by atoms with Crippen molar-refractivity contribution >= 4 is 11.8 Å². The number of carbonyl (C=O) groups excluding carboxylic acids is 1. The molecule has 2 aromatic carbocycles. The summed E-state index contributed by atoms with van der Waals surface area (Å²) in [6.45, 7) is 1.02. The van der Waals surface area contributed by atoms with Gasteiger partial charge in [-0.1, -0.05) is 24.3 Å². The van der Waals surface area contributed by atoms with E-state index in [2.05, 4.69) is 4.74 Å². The molecule has 3 nitrogen and oxygen atoms in total. The third kappa shape index (κ3) is 6.27. The third-order valence-corrected chi connectivity index (χ3v) is 5.41. The number of benzene rings is 2. The quantitative estimate of drug-likeness (QED) is 0.257. The summed E-state index contributed by atoms with van der Waals surface area (Å²) >= 11 is 0. The Balaban J connectivity index is 1.59. The highest BCUT2D eigenvalue weighted by Crippen LogP contribution is 2.38. The second kappa shape index (κ2) is 9.84. The van der Waals surface area contributed by atoms with E-state index in [1.54, 1.807) is 12.1 Å². The van der Waals surface area contributed by atoms with Crippen molar-refractivity contribution in [2.75, 3.05) is 0 Å². The summed E-state index contributed by atoms with van der Waals surface area (Å²) < 4.78 is 99.2. The van der Waals surface area contributed by atoms with Gasteiger partial charge in [0, 0.05) is 17.7 Å². The molecule has 0 spiro atoms. The molecule has 10 heteroatoms. The molecule has 1 aliphatic carbocycles. The summed E-state index contributed by atoms with van der Waals surface area (Å²) in [6.07, 6.45) is -3.30. The van der Waals surface area contributed by atoms with Gasteiger partial charge in [-0.3, -0.25) is 4.79 Å². The van der Waals surface area contributed by atoms with Crippen LogP contribution in [0.25, 0.3) is 5.83 Å². The minimum Gasteiger partial charge on any atom is -0.426 e. The van der Waals surface area contributed by atoms with E-state index >= 15 is 0 Å². The lowest BCUT2D eigenvalue weighted by atomic mass is 9.78. The Morgan fingerprint density at radius 3 is 1.97 bits per heavy atom. The number of rotatable bonds is 5. The Morgan fingerprint density at radius 2 is 1.48 bits per heavy atom. The Kier molecular flexibility index (Phi) is 7.34. The summed E-state index contributed by atoms with van der Waals surface area (Å²) in [4.78, 5) is 12.4. The lowest BCUT2D eigenvalue weighted by Gasteiger charge is -2.27. The molecule has 0 amide bonds. The Labute approximate surface area is 184 Å². The minimum absolute atomic E-state index is 0.0790. The van der Waals surface area contributed by atoms with Gasteiger partial charge in [-0.15, -0.1) is 13.2 Å². The predicted molar refractivity (Wildman–Crippen MR) is 105 cm³/mol. The molecule has 3 rings (SSSR count). The van der Waals surface area contributed by atoms with Crippen LogP contribution in [0.4, 0.5) is 30.7 Å². The SMILES string of the molecule is C/C(F)=C(\F)c1ccc(C2CCC(C(=O)Oc3cc(F)c(OC(F)(F)F)c(F)c3)CC2)cc1. The van der Waals surface area contributed by atoms with Gasteiger partial charge in [0.1, 0.15) is 11.6 Å². The Hall–Kier alpha value is -3.04. The van der Waals surface area contributed by atoms with Crippen LogP contribution in [0, 0.1) is 17.6 Å². The standard InChI is InChI=1S/C23H19F7O3/c1-12(24)20(27)15-6-2-13(3-7-15)14-4-8-16(9-5-14)22(31)32-17-10-18(25)21(19(26)11-17)33-23(28,29)30/h2-3,6-7,10-11,14,16H,4-5,8-9H2,1H3/b20-12+. The molecule has 0 aromatic heterocycles. The lowest BCUT2D eigenvalue weighted by Crippen LogP contribution is -2.25. The van der Waals surface area contributed by atoms with Crippen molar-refractivity contribution in [3.05, 3.63) is 65.0 Å². The average molecular weight is 476 g/mol. The summed E-state index contributed by atoms with van der Waals surface area (Å²) in [5, 5.41) is 0. The number of esters is 1. The highest BCUT2D eigenvalue weighted by atomic mass is 19.4. The van der Waals surface area contributed by atoms with Gasteiger partial charge in [0.05, 0.1) is 5.92 Å². The smallest absolute Gasteiger partial charge is 0.426 e. The van der Waals surface area contributed by atoms with Crippen molar-refractivity contribution in [2.45, 2.75) is 44.9 Å². The fourth-order valence-electron chi connectivity index (χ4n) is 3.77. The van der Waals surface area contributed by atoms with Crippen molar-refractivity contribution in [1.82, 2.24) is 0 Å². The van der Waals surface area contributed by atoms with Crippen molar-refractivity contribution in [1.29, 1.82) is 0 Å². The molecule has 0 heterocycles. The number of hydrogen-bond donors (Lipinski definition) is 0. The van der Waals surface area contributed by atoms with Crippen LogP contribution in [-0.2, 0) is 4.79 Å². The molecule has 0 N–H and O–H groups in total. The van der Waals surface area contributed by atoms with Crippen LogP contribution < -0.4 is 9.47 Å². The largest absolute Gasteiger partial charge is 0.573 e. The number of alkyl halides is 3. The first-order valence-electron chi connectivity index (χ1n) is 10.0. The van der Waals surface area contributed by atoms with Crippen LogP contribution >= 0.6 is 0 Å². The molecule has 1 saturated carbocycles. The van der Waals surface area contributed by atoms with Gasteiger partial charge in [-0.25, -0.2) is 17.6 Å². The van der Waals surface area contributed by atoms with Crippen LogP contribution in [0.5, 0.6) is 11.5 Å². The van der Waals surface area contributed by atoms with E-state index in [1.165, 1.54) is 12.1 Å². The molecule has 0 aliphatic heterocycles. The van der Waals surface area contributed by atoms with Gasteiger partial charge in [-0.05, 0) is 44.1 Å². The zero-order valence-electron chi connectivity index (χ0n) is 17.3. The van der Waals surface area contributed by atoms with Gasteiger partial charge in [0.25, 0.3) is 0 Å². The normalized spacial score (nSPS) is 19.6. The molecular formula is C23H19F7O3. The molecule has 1 fully saturated rings. The molecule has 33 heavy (non-hydrogen) atoms. The molecule has 0 atom stereocenters. The number of carbonyl (C=O) groups is 1. The summed E-state index contributed by atoms with van der Waals surface area (Å²) in [6, 6.07) is 7.23. The number of hydrogen-bond acceptors (Lipinski definition) is 3. The highest BCUT2D eigenvalue weighted by Gasteiger charge is 2.35. The summed E-state index contributed by atoms with van der Waals surface area (Å²) in [5.41, 5.74) is 1.03. The molecule has 1 aliphatic rings. The monoisotopic (exact) mass is 476 g/mol. The van der Waals surface area contributed by atoms with Gasteiger partial charge >= 0.3 is 12.3 Å². The Morgan fingerprint density at radius 1 is 0.939 bits per heavy atom. The molecule has 0 unspecified atom stereocenters. The molecule has 0 radical (unpaired) electrons. The second-order valence-corrected chi connectivity index (χ2v) is 7.70. The van der Waals surface area contributed by atoms with E-state index in [4.69, 9.17) is 4.74 Å². The first kappa shape index (κ1) is 24.6. The zero-order valence-corrected chi connectivity index (χ0v) is 17.3. The number of ether oxygens (including phenoxy) is 2. The topological polar surface area (TPSA) is 35.5 Å². The van der Waals surface area contributed by atoms with E-state index in [1.807, 2.05) is 0 Å². The van der Waals surface area contributed by atoms with Crippen molar-refractivity contribution in [3.8, 4) is 11.5 Å². The predicted octanol–water partition coefficient (Wildman–Crippen LogP) is 7.37. The van der Waals surface area contributed by atoms with Crippen molar-refractivity contribution in [3.63, 3.8) is 0 Å². The highest BCUT2D eigenvalue weighted by molar-refractivity contribution is 5.75. The second-order valence-electron chi connectivity index (χ2n) is 7.70. The fourth-order valence-corrected chi connectivity index (χ4v) is 3.77. The molecule has 0 bridgehead atoms. The number of halogens is 7. The molecular weight excluding hydrogens is 457 g/mol. The first-order chi connectivity index (χ1) is 15.4. The van der Waals surface area contributed by atoms with Crippen LogP contribution in [0.15, 0.2) is 42.2 Å². The van der Waals surface area contributed by atoms with Crippen LogP contribution in [-0.4, -0.2) is 12.3 Å². The van der Waals surface area contributed by atoms with Crippen molar-refractivity contribution < 1.29 is 45.0 Å². The van der Waals surface area contributed by atoms with E-state index < -0.39 is 53.0 Å². The van der Waals surface area contributed by atoms with Crippen LogP contribution in [0.2, 0.25) is 0 Å². The molecule has 2 aromatic rings. The fraction of sp³-hybridized carbons (Fsp3) is 0.348. The van der Waals surface area contributed by atoms with E-state index in [9.17, 15) is 35.5 Å². The Bertz CT molecular complexity index is 1010. The van der Waals surface area contributed by atoms with E-state index in [0.29, 0.717) is 37.8 Å². The van der Waals surface area contributed by atoms with Crippen LogP contribution in [0.1, 0.15) is 49.7 Å². The number of allylic oxidation sites excluding steroid dienone is 1. The summed E-state index contributed by atoms with van der Waals surface area (Å²) in [5.74, 6) is -8.59. The minimum atomic E-state index is -5.28. The van der Waals surface area contributed by atoms with Gasteiger partial charge in [-0.2, -0.15) is 0 Å². The van der Waals surface area contributed by atoms with Crippen molar-refractivity contribution in [2.24, 2.45) is 5.92 Å². The zero-order chi connectivity index (χ0) is 24.3. The van der Waals surface area contributed by atoms with E-state index in [0.717, 1.165) is 12.5 Å². The maximum atomic E-state index is 13.8. The third-order valence-electron chi connectivity index (χ3n) is 5.41. The lowest BCUT2D eigenvalue weighted by molar-refractivity contribution is -0.276. The maximum Gasteiger partial charge on any atom is 0.573 e. The van der Waals surface area contributed by atoms with E-state index in [-0.39, 0.29) is 11.5 Å². The van der Waals surface area contributed by atoms with Gasteiger partial charge in [0.2, 0.25) is 5.75 Å². The van der Waals surface area contributed by atoms with Crippen LogP contribution in [0.3, 0.4) is 0 Å².